The minimum absolute atomic E-state index is 0.0321. The number of carbonyl (C=O) groups is 2. The van der Waals surface area contributed by atoms with Gasteiger partial charge in [0.2, 0.25) is 6.29 Å². The van der Waals surface area contributed by atoms with E-state index in [0.29, 0.717) is 6.61 Å². The normalized spacial score (nSPS) is 35.7. The number of hydrogen-bond acceptors (Lipinski definition) is 6. The monoisotopic (exact) mass is 379 g/mol. The fourth-order valence-electron chi connectivity index (χ4n) is 5.18. The Bertz CT molecular complexity index is 968. The maximum atomic E-state index is 13.4. The van der Waals surface area contributed by atoms with Gasteiger partial charge in [-0.25, -0.2) is 0 Å². The average molecular weight is 379 g/mol. The highest BCUT2D eigenvalue weighted by Crippen LogP contribution is 2.54. The lowest BCUT2D eigenvalue weighted by atomic mass is 9.76. The van der Waals surface area contributed by atoms with E-state index in [2.05, 4.69) is 17.0 Å². The number of benzene rings is 1. The molecule has 6 rings (SSSR count). The molecule has 4 aliphatic heterocycles. The minimum atomic E-state index is -0.785. The smallest absolute Gasteiger partial charge is 0.218 e. The van der Waals surface area contributed by atoms with Gasteiger partial charge in [-0.3, -0.25) is 9.59 Å². The van der Waals surface area contributed by atoms with Gasteiger partial charge >= 0.3 is 0 Å². The summed E-state index contributed by atoms with van der Waals surface area (Å²) >= 11 is 1.44. The Morgan fingerprint density at radius 3 is 2.93 bits per heavy atom. The van der Waals surface area contributed by atoms with Crippen molar-refractivity contribution in [3.63, 3.8) is 0 Å². The number of ketones is 2. The molecule has 3 fully saturated rings. The number of hydrogen-bond donors (Lipinski definition) is 0. The first-order valence-electron chi connectivity index (χ1n) is 9.17. The molecule has 27 heavy (non-hydrogen) atoms. The summed E-state index contributed by atoms with van der Waals surface area (Å²) < 4.78 is 11.4. The lowest BCUT2D eigenvalue weighted by Crippen LogP contribution is -2.47. The molecule has 6 heteroatoms. The van der Waals surface area contributed by atoms with E-state index in [1.165, 1.54) is 11.3 Å². The van der Waals surface area contributed by atoms with E-state index in [-0.39, 0.29) is 35.5 Å². The summed E-state index contributed by atoms with van der Waals surface area (Å²) in [4.78, 5) is 29.4. The van der Waals surface area contributed by atoms with Crippen LogP contribution in [-0.2, 0) is 14.3 Å². The second kappa shape index (κ2) is 5.61. The molecule has 0 amide bonds. The van der Waals surface area contributed by atoms with Crippen LogP contribution in [0.3, 0.4) is 0 Å². The van der Waals surface area contributed by atoms with E-state index in [1.807, 2.05) is 41.9 Å². The molecule has 0 saturated carbocycles. The largest absolute Gasteiger partial charge is 0.359 e. The predicted octanol–water partition coefficient (Wildman–Crippen LogP) is 2.90. The number of carbonyl (C=O) groups excluding carboxylic acids is 2. The van der Waals surface area contributed by atoms with E-state index in [9.17, 15) is 9.59 Å². The Balaban J connectivity index is 1.53. The summed E-state index contributed by atoms with van der Waals surface area (Å²) in [6.07, 6.45) is 3.02. The molecule has 0 N–H and O–H groups in total. The summed E-state index contributed by atoms with van der Waals surface area (Å²) in [5.74, 6) is -0.466. The molecule has 1 aromatic carbocycles. The number of fused-ring (bicyclic) bond motifs is 8. The van der Waals surface area contributed by atoms with Crippen LogP contribution in [0.4, 0.5) is 0 Å². The SMILES string of the molecule is O=C1C2OCC(O2)C2C1C1c3ccccc3C=CN1C2C(=O)c1cccs1. The molecule has 2 bridgehead atoms. The summed E-state index contributed by atoms with van der Waals surface area (Å²) in [5.41, 5.74) is 2.21. The molecule has 6 atom stereocenters. The standard InChI is InChI=1S/C21H17NO4S/c23-19(14-6-3-9-27-14)18-15-13-10-25-21(26-13)20(24)16(15)17-12-5-2-1-4-11(12)7-8-22(17)18/h1-9,13,15-18,21H,10H2. The molecule has 5 heterocycles. The zero-order valence-corrected chi connectivity index (χ0v) is 15.2. The highest BCUT2D eigenvalue weighted by atomic mass is 32.1. The molecule has 0 aliphatic carbocycles. The molecule has 0 spiro atoms. The van der Waals surface area contributed by atoms with Crippen molar-refractivity contribution in [2.75, 3.05) is 6.61 Å². The Kier molecular flexibility index (Phi) is 3.27. The van der Waals surface area contributed by atoms with Crippen molar-refractivity contribution in [1.29, 1.82) is 0 Å². The molecular weight excluding hydrogens is 362 g/mol. The van der Waals surface area contributed by atoms with Crippen molar-refractivity contribution in [3.05, 3.63) is 64.0 Å². The summed E-state index contributed by atoms with van der Waals surface area (Å²) in [6, 6.07) is 11.3. The summed E-state index contributed by atoms with van der Waals surface area (Å²) in [5, 5.41) is 1.91. The third-order valence-electron chi connectivity index (χ3n) is 6.24. The molecule has 0 radical (unpaired) electrons. The second-order valence-corrected chi connectivity index (χ2v) is 8.42. The van der Waals surface area contributed by atoms with Gasteiger partial charge in [0, 0.05) is 12.1 Å². The van der Waals surface area contributed by atoms with Crippen molar-refractivity contribution in [1.82, 2.24) is 4.90 Å². The van der Waals surface area contributed by atoms with Gasteiger partial charge in [0.15, 0.2) is 11.6 Å². The van der Waals surface area contributed by atoms with Gasteiger partial charge in [0.05, 0.1) is 35.6 Å². The van der Waals surface area contributed by atoms with Crippen LogP contribution in [0.2, 0.25) is 0 Å². The fraction of sp³-hybridized carbons (Fsp3) is 0.333. The molecule has 136 valence electrons. The number of ether oxygens (including phenoxy) is 2. The van der Waals surface area contributed by atoms with Crippen molar-refractivity contribution in [3.8, 4) is 0 Å². The Labute approximate surface area is 160 Å². The minimum Gasteiger partial charge on any atom is -0.359 e. The van der Waals surface area contributed by atoms with Gasteiger partial charge in [0.25, 0.3) is 0 Å². The van der Waals surface area contributed by atoms with Crippen LogP contribution >= 0.6 is 11.3 Å². The Morgan fingerprint density at radius 2 is 2.07 bits per heavy atom. The van der Waals surface area contributed by atoms with Gasteiger partial charge in [-0.15, -0.1) is 11.3 Å². The van der Waals surface area contributed by atoms with E-state index in [0.717, 1.165) is 16.0 Å². The summed E-state index contributed by atoms with van der Waals surface area (Å²) in [6.45, 7) is 0.373. The van der Waals surface area contributed by atoms with Crippen molar-refractivity contribution >= 4 is 29.0 Å². The Morgan fingerprint density at radius 1 is 1.19 bits per heavy atom. The van der Waals surface area contributed by atoms with Gasteiger partial charge < -0.3 is 14.4 Å². The lowest BCUT2D eigenvalue weighted by Gasteiger charge is -2.34. The van der Waals surface area contributed by atoms with Crippen LogP contribution in [0.1, 0.15) is 26.8 Å². The highest BCUT2D eigenvalue weighted by Gasteiger charge is 2.63. The van der Waals surface area contributed by atoms with E-state index >= 15 is 0 Å². The first-order valence-corrected chi connectivity index (χ1v) is 10.0. The molecule has 2 aromatic rings. The van der Waals surface area contributed by atoms with Gasteiger partial charge in [0.1, 0.15) is 0 Å². The van der Waals surface area contributed by atoms with Crippen molar-refractivity contribution in [2.45, 2.75) is 24.5 Å². The third-order valence-corrected chi connectivity index (χ3v) is 7.12. The van der Waals surface area contributed by atoms with E-state index < -0.39 is 12.3 Å². The fourth-order valence-corrected chi connectivity index (χ4v) is 5.88. The number of rotatable bonds is 2. The number of thiophene rings is 1. The Hall–Kier alpha value is -2.28. The number of nitrogens with zero attached hydrogens (tertiary/aromatic N) is 1. The highest BCUT2D eigenvalue weighted by molar-refractivity contribution is 7.12. The zero-order chi connectivity index (χ0) is 18.1. The topological polar surface area (TPSA) is 55.8 Å². The van der Waals surface area contributed by atoms with Crippen LogP contribution < -0.4 is 0 Å². The van der Waals surface area contributed by atoms with Crippen LogP contribution in [0.15, 0.2) is 48.0 Å². The van der Waals surface area contributed by atoms with Gasteiger partial charge in [-0.1, -0.05) is 30.3 Å². The van der Waals surface area contributed by atoms with Crippen molar-refractivity contribution in [2.24, 2.45) is 11.8 Å². The molecule has 4 aliphatic rings. The molecular formula is C21H17NO4S. The lowest BCUT2D eigenvalue weighted by molar-refractivity contribution is -0.164. The van der Waals surface area contributed by atoms with E-state index in [4.69, 9.17) is 9.47 Å². The second-order valence-electron chi connectivity index (χ2n) is 7.47. The van der Waals surface area contributed by atoms with Gasteiger partial charge in [-0.2, -0.15) is 0 Å². The average Bonchev–Trinajstić information content (AvgIpc) is 3.43. The summed E-state index contributed by atoms with van der Waals surface area (Å²) in [7, 11) is 0. The quantitative estimate of drug-likeness (QED) is 0.751. The maximum absolute atomic E-state index is 13.4. The van der Waals surface area contributed by atoms with Crippen molar-refractivity contribution < 1.29 is 19.1 Å². The number of Topliss-reactive ketones (excluding diaryl/α,β-unsaturated/α-hetero) is 2. The maximum Gasteiger partial charge on any atom is 0.218 e. The zero-order valence-electron chi connectivity index (χ0n) is 14.4. The van der Waals surface area contributed by atoms with Crippen LogP contribution in [0.25, 0.3) is 6.08 Å². The van der Waals surface area contributed by atoms with Crippen LogP contribution in [0.5, 0.6) is 0 Å². The first-order chi connectivity index (χ1) is 13.2. The molecule has 6 unspecified atom stereocenters. The molecule has 3 saturated heterocycles. The first kappa shape index (κ1) is 15.7. The van der Waals surface area contributed by atoms with E-state index in [1.54, 1.807) is 0 Å². The predicted molar refractivity (Wildman–Crippen MR) is 99.1 cm³/mol. The van der Waals surface area contributed by atoms with Crippen LogP contribution in [0, 0.1) is 11.8 Å². The molecule has 1 aromatic heterocycles. The third kappa shape index (κ3) is 2.06. The van der Waals surface area contributed by atoms with Gasteiger partial charge in [-0.05, 0) is 28.6 Å². The molecule has 5 nitrogen and oxygen atoms in total. The van der Waals surface area contributed by atoms with Crippen LogP contribution in [-0.4, -0.2) is 41.5 Å².